The van der Waals surface area contributed by atoms with Crippen LogP contribution < -0.4 is 5.32 Å². The van der Waals surface area contributed by atoms with Crippen molar-refractivity contribution >= 4 is 23.5 Å². The minimum atomic E-state index is -0.777. The Hall–Kier alpha value is -2.34. The van der Waals surface area contributed by atoms with E-state index >= 15 is 0 Å². The van der Waals surface area contributed by atoms with Crippen LogP contribution in [0.15, 0.2) is 30.5 Å². The maximum atomic E-state index is 12.6. The van der Waals surface area contributed by atoms with Gasteiger partial charge in [-0.3, -0.25) is 4.79 Å². The van der Waals surface area contributed by atoms with Gasteiger partial charge < -0.3 is 15.0 Å². The smallest absolute Gasteiger partial charge is 0.329 e. The maximum Gasteiger partial charge on any atom is 0.329 e. The number of esters is 1. The van der Waals surface area contributed by atoms with Gasteiger partial charge in [-0.1, -0.05) is 50.1 Å². The first kappa shape index (κ1) is 22.0. The molecule has 1 aromatic carbocycles. The summed E-state index contributed by atoms with van der Waals surface area (Å²) in [6, 6.07) is 6.41. The van der Waals surface area contributed by atoms with Gasteiger partial charge >= 0.3 is 5.97 Å². The van der Waals surface area contributed by atoms with E-state index in [4.69, 9.17) is 16.3 Å². The molecule has 0 unspecified atom stereocenters. The van der Waals surface area contributed by atoms with E-state index in [1.807, 2.05) is 19.1 Å². The van der Waals surface area contributed by atoms with E-state index in [9.17, 15) is 9.59 Å². The summed E-state index contributed by atoms with van der Waals surface area (Å²) >= 11 is 6.11. The minimum Gasteiger partial charge on any atom is -0.459 e. The Morgan fingerprint density at radius 2 is 2.04 bits per heavy atom. The highest BCUT2D eigenvalue weighted by atomic mass is 35.5. The summed E-state index contributed by atoms with van der Waals surface area (Å²) in [7, 11) is 0. The Balaban J connectivity index is 2.03. The van der Waals surface area contributed by atoms with Gasteiger partial charge in [0.2, 0.25) is 5.91 Å². The van der Waals surface area contributed by atoms with Crippen LogP contribution in [0.4, 0.5) is 0 Å². The Labute approximate surface area is 171 Å². The van der Waals surface area contributed by atoms with Crippen molar-refractivity contribution in [3.63, 3.8) is 0 Å². The molecule has 1 aromatic heterocycles. The number of nitrogens with one attached hydrogen (secondary N) is 2. The zero-order valence-corrected chi connectivity index (χ0v) is 17.2. The fraction of sp³-hybridized carbons (Fsp3) is 0.476. The number of ether oxygens (including phenoxy) is 1. The van der Waals surface area contributed by atoms with Crippen molar-refractivity contribution in [1.29, 1.82) is 0 Å². The van der Waals surface area contributed by atoms with Crippen LogP contribution in [0.3, 0.4) is 0 Å². The molecule has 2 N–H and O–H groups in total. The van der Waals surface area contributed by atoms with Crippen LogP contribution in [-0.2, 0) is 33.8 Å². The summed E-state index contributed by atoms with van der Waals surface area (Å²) in [5, 5.41) is 3.31. The molecule has 2 aromatic rings. The molecule has 0 fully saturated rings. The van der Waals surface area contributed by atoms with E-state index in [2.05, 4.69) is 22.2 Å². The largest absolute Gasteiger partial charge is 0.459 e. The molecule has 0 radical (unpaired) electrons. The fourth-order valence-corrected chi connectivity index (χ4v) is 2.94. The van der Waals surface area contributed by atoms with Crippen LogP contribution in [-0.4, -0.2) is 27.9 Å². The van der Waals surface area contributed by atoms with Gasteiger partial charge in [0, 0.05) is 41.7 Å². The molecule has 0 aliphatic rings. The van der Waals surface area contributed by atoms with Crippen molar-refractivity contribution in [2.75, 3.05) is 0 Å². The normalized spacial score (nSPS) is 11.8. The molecule has 0 spiro atoms. The molecule has 0 aliphatic heterocycles. The molecule has 0 saturated carbocycles. The standard InChI is InChI=1S/C21H28ClN3O3/c1-3-5-11-19-23-13-16(24-19)12-18(25-20(26)8-4-2)21(27)28-14-15-9-6-7-10-17(15)22/h6-7,9-10,13,18H,3-5,8,11-12,14H2,1-2H3,(H,23,24)(H,25,26)/t18-/m0/s1. The lowest BCUT2D eigenvalue weighted by atomic mass is 10.1. The number of rotatable bonds is 11. The number of H-pyrrole nitrogens is 1. The molecule has 0 aliphatic carbocycles. The van der Waals surface area contributed by atoms with Gasteiger partial charge in [-0.05, 0) is 18.9 Å². The van der Waals surface area contributed by atoms with Crippen molar-refractivity contribution < 1.29 is 14.3 Å². The molecule has 1 amide bonds. The lowest BCUT2D eigenvalue weighted by molar-refractivity contribution is -0.149. The number of hydrogen-bond donors (Lipinski definition) is 2. The van der Waals surface area contributed by atoms with Crippen LogP contribution in [0.25, 0.3) is 0 Å². The Kier molecular flexibility index (Phi) is 9.01. The number of nitrogens with zero attached hydrogens (tertiary/aromatic N) is 1. The first-order valence-electron chi connectivity index (χ1n) is 9.75. The van der Waals surface area contributed by atoms with E-state index in [1.165, 1.54) is 0 Å². The van der Waals surface area contributed by atoms with Gasteiger partial charge in [0.15, 0.2) is 0 Å². The molecule has 0 bridgehead atoms. The zero-order valence-electron chi connectivity index (χ0n) is 16.5. The summed E-state index contributed by atoms with van der Waals surface area (Å²) < 4.78 is 5.42. The summed E-state index contributed by atoms with van der Waals surface area (Å²) in [5.74, 6) is 0.224. The second-order valence-corrected chi connectivity index (χ2v) is 7.14. The number of aromatic amines is 1. The summed E-state index contributed by atoms with van der Waals surface area (Å²) in [6.45, 7) is 4.10. The molecule has 6 nitrogen and oxygen atoms in total. The third kappa shape index (κ3) is 7.00. The molecule has 7 heteroatoms. The van der Waals surface area contributed by atoms with Crippen molar-refractivity contribution in [2.45, 2.75) is 65.0 Å². The Bertz CT molecular complexity index is 776. The zero-order chi connectivity index (χ0) is 20.4. The molecule has 1 heterocycles. The molecular weight excluding hydrogens is 378 g/mol. The molecular formula is C21H28ClN3O3. The number of benzene rings is 1. The third-order valence-corrected chi connectivity index (χ3v) is 4.67. The second kappa shape index (κ2) is 11.5. The van der Waals surface area contributed by atoms with Crippen LogP contribution in [0, 0.1) is 0 Å². The topological polar surface area (TPSA) is 84.1 Å². The van der Waals surface area contributed by atoms with E-state index < -0.39 is 12.0 Å². The Morgan fingerprint density at radius 3 is 2.75 bits per heavy atom. The van der Waals surface area contributed by atoms with Gasteiger partial charge in [0.1, 0.15) is 18.5 Å². The van der Waals surface area contributed by atoms with Gasteiger partial charge in [0.25, 0.3) is 0 Å². The Morgan fingerprint density at radius 1 is 1.25 bits per heavy atom. The van der Waals surface area contributed by atoms with Crippen LogP contribution in [0.2, 0.25) is 5.02 Å². The monoisotopic (exact) mass is 405 g/mol. The van der Waals surface area contributed by atoms with Gasteiger partial charge in [0.05, 0.1) is 0 Å². The summed E-state index contributed by atoms with van der Waals surface area (Å²) in [6.07, 6.45) is 6.07. The number of carbonyl (C=O) groups is 2. The van der Waals surface area contributed by atoms with Crippen molar-refractivity contribution in [3.8, 4) is 0 Å². The number of hydrogen-bond acceptors (Lipinski definition) is 4. The first-order valence-corrected chi connectivity index (χ1v) is 10.1. The maximum absolute atomic E-state index is 12.6. The first-order chi connectivity index (χ1) is 13.5. The lowest BCUT2D eigenvalue weighted by Crippen LogP contribution is -2.43. The number of aromatic nitrogens is 2. The number of unbranched alkanes of at least 4 members (excludes halogenated alkanes) is 1. The van der Waals surface area contributed by atoms with Crippen molar-refractivity contribution in [2.24, 2.45) is 0 Å². The highest BCUT2D eigenvalue weighted by Crippen LogP contribution is 2.16. The van der Waals surface area contributed by atoms with E-state index in [0.717, 1.165) is 36.3 Å². The second-order valence-electron chi connectivity index (χ2n) is 6.73. The molecule has 0 saturated heterocycles. The number of amides is 1. The summed E-state index contributed by atoms with van der Waals surface area (Å²) in [4.78, 5) is 32.3. The highest BCUT2D eigenvalue weighted by Gasteiger charge is 2.24. The number of aryl methyl sites for hydroxylation is 1. The van der Waals surface area contributed by atoms with Gasteiger partial charge in [-0.15, -0.1) is 0 Å². The van der Waals surface area contributed by atoms with E-state index in [-0.39, 0.29) is 12.5 Å². The number of carbonyl (C=O) groups excluding carboxylic acids is 2. The lowest BCUT2D eigenvalue weighted by Gasteiger charge is -2.17. The molecule has 1 atom stereocenters. The average molecular weight is 406 g/mol. The summed E-state index contributed by atoms with van der Waals surface area (Å²) in [5.41, 5.74) is 1.52. The van der Waals surface area contributed by atoms with Crippen LogP contribution in [0.1, 0.15) is 56.6 Å². The average Bonchev–Trinajstić information content (AvgIpc) is 3.12. The van der Waals surface area contributed by atoms with E-state index in [1.54, 1.807) is 18.3 Å². The number of imidazole rings is 1. The van der Waals surface area contributed by atoms with Gasteiger partial charge in [-0.2, -0.15) is 0 Å². The predicted octanol–water partition coefficient (Wildman–Crippen LogP) is 3.98. The van der Waals surface area contributed by atoms with Crippen molar-refractivity contribution in [3.05, 3.63) is 52.6 Å². The van der Waals surface area contributed by atoms with Gasteiger partial charge in [-0.25, -0.2) is 9.78 Å². The van der Waals surface area contributed by atoms with Crippen molar-refractivity contribution in [1.82, 2.24) is 15.3 Å². The molecule has 152 valence electrons. The van der Waals surface area contributed by atoms with Crippen LogP contribution >= 0.6 is 11.6 Å². The number of halogens is 1. The third-order valence-electron chi connectivity index (χ3n) is 4.30. The fourth-order valence-electron chi connectivity index (χ4n) is 2.75. The highest BCUT2D eigenvalue weighted by molar-refractivity contribution is 6.31. The molecule has 28 heavy (non-hydrogen) atoms. The predicted molar refractivity (Wildman–Crippen MR) is 109 cm³/mol. The van der Waals surface area contributed by atoms with E-state index in [0.29, 0.717) is 24.3 Å². The minimum absolute atomic E-state index is 0.0589. The van der Waals surface area contributed by atoms with Crippen LogP contribution in [0.5, 0.6) is 0 Å². The quantitative estimate of drug-likeness (QED) is 0.554. The SMILES string of the molecule is CCCCc1ncc(C[C@H](NC(=O)CCC)C(=O)OCc2ccccc2Cl)[nH]1. The molecule has 2 rings (SSSR count).